The Morgan fingerprint density at radius 1 is 1.42 bits per heavy atom. The zero-order valence-electron chi connectivity index (χ0n) is 14.0. The van der Waals surface area contributed by atoms with Crippen molar-refractivity contribution in [3.8, 4) is 0 Å². The van der Waals surface area contributed by atoms with Crippen molar-refractivity contribution in [2.45, 2.75) is 57.7 Å². The van der Waals surface area contributed by atoms with Crippen molar-refractivity contribution in [1.29, 1.82) is 0 Å². The van der Waals surface area contributed by atoms with E-state index in [1.54, 1.807) is 0 Å². The van der Waals surface area contributed by atoms with Crippen molar-refractivity contribution in [1.82, 2.24) is 15.0 Å². The number of aromatic nitrogens is 2. The minimum Gasteiger partial charge on any atom is -0.359 e. The molecule has 0 spiro atoms. The Morgan fingerprint density at radius 2 is 2.12 bits per heavy atom. The Morgan fingerprint density at radius 3 is 2.71 bits per heavy atom. The van der Waals surface area contributed by atoms with Crippen LogP contribution in [0.1, 0.15) is 57.2 Å². The third-order valence-electron chi connectivity index (χ3n) is 3.89. The minimum absolute atomic E-state index is 0.0752. The summed E-state index contributed by atoms with van der Waals surface area (Å²) in [7, 11) is 0. The first kappa shape index (κ1) is 18.7. The third kappa shape index (κ3) is 4.93. The molecular formula is C15H22F3N3O3. The molecule has 1 aliphatic rings. The highest BCUT2D eigenvalue weighted by Gasteiger charge is 2.33. The predicted octanol–water partition coefficient (Wildman–Crippen LogP) is 2.87. The Labute approximate surface area is 138 Å². The van der Waals surface area contributed by atoms with Gasteiger partial charge in [0.2, 0.25) is 5.89 Å². The van der Waals surface area contributed by atoms with Crippen LogP contribution in [0.2, 0.25) is 0 Å². The summed E-state index contributed by atoms with van der Waals surface area (Å²) in [6.45, 7) is 4.63. The molecule has 2 heterocycles. The average molecular weight is 349 g/mol. The molecule has 0 saturated carbocycles. The summed E-state index contributed by atoms with van der Waals surface area (Å²) < 4.78 is 46.4. The maximum Gasteiger partial charge on any atom is 0.411 e. The van der Waals surface area contributed by atoms with Gasteiger partial charge < -0.3 is 14.2 Å². The summed E-state index contributed by atoms with van der Waals surface area (Å²) >= 11 is 0. The molecule has 1 amide bonds. The first-order chi connectivity index (χ1) is 11.2. The number of carbonyl (C=O) groups excluding carboxylic acids is 1. The Hall–Kier alpha value is -1.64. The van der Waals surface area contributed by atoms with Gasteiger partial charge in [-0.1, -0.05) is 19.0 Å². The molecule has 2 atom stereocenters. The van der Waals surface area contributed by atoms with Gasteiger partial charge >= 0.3 is 6.18 Å². The van der Waals surface area contributed by atoms with Crippen LogP contribution < -0.4 is 0 Å². The molecule has 0 bridgehead atoms. The smallest absolute Gasteiger partial charge is 0.359 e. The molecule has 1 aromatic rings. The zero-order chi connectivity index (χ0) is 17.9. The molecule has 6 nitrogen and oxygen atoms in total. The fourth-order valence-corrected chi connectivity index (χ4v) is 2.58. The highest BCUT2D eigenvalue weighted by Crippen LogP contribution is 2.27. The van der Waals surface area contributed by atoms with Gasteiger partial charge in [0.25, 0.3) is 5.91 Å². The summed E-state index contributed by atoms with van der Waals surface area (Å²) in [6, 6.07) is 0. The molecule has 136 valence electrons. The number of ether oxygens (including phenoxy) is 1. The van der Waals surface area contributed by atoms with Crippen molar-refractivity contribution in [3.05, 3.63) is 11.7 Å². The second-order valence-electron chi connectivity index (χ2n) is 6.34. The Kier molecular flexibility index (Phi) is 5.84. The zero-order valence-corrected chi connectivity index (χ0v) is 14.0. The minimum atomic E-state index is -4.45. The van der Waals surface area contributed by atoms with Crippen LogP contribution in [0.4, 0.5) is 13.2 Å². The third-order valence-corrected chi connectivity index (χ3v) is 3.89. The fourth-order valence-electron chi connectivity index (χ4n) is 2.58. The van der Waals surface area contributed by atoms with Gasteiger partial charge in [-0.15, -0.1) is 0 Å². The summed E-state index contributed by atoms with van der Waals surface area (Å²) in [5.74, 6) is 0.670. The maximum atomic E-state index is 12.3. The van der Waals surface area contributed by atoms with E-state index in [4.69, 9.17) is 4.52 Å². The van der Waals surface area contributed by atoms with Gasteiger partial charge in [0, 0.05) is 24.9 Å². The number of piperidine rings is 1. The van der Waals surface area contributed by atoms with E-state index in [1.165, 1.54) is 11.8 Å². The van der Waals surface area contributed by atoms with E-state index < -0.39 is 24.8 Å². The molecule has 0 aromatic carbocycles. The second-order valence-corrected chi connectivity index (χ2v) is 6.34. The number of hydrogen-bond donors (Lipinski definition) is 0. The van der Waals surface area contributed by atoms with Crippen LogP contribution in [-0.4, -0.2) is 52.9 Å². The van der Waals surface area contributed by atoms with E-state index in [2.05, 4.69) is 14.9 Å². The van der Waals surface area contributed by atoms with Crippen molar-refractivity contribution in [2.75, 3.05) is 19.7 Å². The van der Waals surface area contributed by atoms with Crippen LogP contribution in [0, 0.1) is 0 Å². The van der Waals surface area contributed by atoms with E-state index in [0.29, 0.717) is 24.8 Å². The van der Waals surface area contributed by atoms with E-state index in [-0.39, 0.29) is 11.8 Å². The molecule has 0 aliphatic carbocycles. The molecule has 2 rings (SSSR count). The van der Waals surface area contributed by atoms with E-state index in [1.807, 2.05) is 13.8 Å². The SMILES string of the molecule is CC(C)c1nc([C@H]2CCCN(C(=O)[C@H](C)OCC(F)(F)F)C2)no1. The van der Waals surface area contributed by atoms with Crippen LogP contribution in [0.15, 0.2) is 4.52 Å². The molecule has 1 fully saturated rings. The van der Waals surface area contributed by atoms with Gasteiger partial charge in [-0.05, 0) is 19.8 Å². The summed E-state index contributed by atoms with van der Waals surface area (Å²) in [6.07, 6.45) is -4.05. The number of nitrogens with zero attached hydrogens (tertiary/aromatic N) is 3. The fraction of sp³-hybridized carbons (Fsp3) is 0.800. The number of hydrogen-bond acceptors (Lipinski definition) is 5. The first-order valence-corrected chi connectivity index (χ1v) is 7.98. The van der Waals surface area contributed by atoms with Gasteiger partial charge in [-0.2, -0.15) is 18.2 Å². The van der Waals surface area contributed by atoms with Crippen LogP contribution in [0.5, 0.6) is 0 Å². The normalized spacial score (nSPS) is 20.5. The second kappa shape index (κ2) is 7.50. The molecule has 1 aromatic heterocycles. The van der Waals surface area contributed by atoms with Gasteiger partial charge in [-0.25, -0.2) is 0 Å². The molecule has 1 saturated heterocycles. The van der Waals surface area contributed by atoms with Gasteiger partial charge in [0.1, 0.15) is 12.7 Å². The molecular weight excluding hydrogens is 327 g/mol. The molecule has 9 heteroatoms. The van der Waals surface area contributed by atoms with Crippen LogP contribution in [0.25, 0.3) is 0 Å². The Bertz CT molecular complexity index is 560. The highest BCUT2D eigenvalue weighted by atomic mass is 19.4. The highest BCUT2D eigenvalue weighted by molar-refractivity contribution is 5.80. The van der Waals surface area contributed by atoms with Crippen molar-refractivity contribution < 1.29 is 27.2 Å². The van der Waals surface area contributed by atoms with E-state index >= 15 is 0 Å². The topological polar surface area (TPSA) is 68.5 Å². The summed E-state index contributed by atoms with van der Waals surface area (Å²) in [4.78, 5) is 18.1. The van der Waals surface area contributed by atoms with Crippen LogP contribution in [0.3, 0.4) is 0 Å². The van der Waals surface area contributed by atoms with Crippen LogP contribution >= 0.6 is 0 Å². The lowest BCUT2D eigenvalue weighted by Crippen LogP contribution is -2.45. The lowest BCUT2D eigenvalue weighted by Gasteiger charge is -2.33. The molecule has 0 N–H and O–H groups in total. The summed E-state index contributed by atoms with van der Waals surface area (Å²) in [5, 5.41) is 3.96. The average Bonchev–Trinajstić information content (AvgIpc) is 3.01. The molecule has 24 heavy (non-hydrogen) atoms. The number of likely N-dealkylation sites (tertiary alicyclic amines) is 1. The monoisotopic (exact) mass is 349 g/mol. The van der Waals surface area contributed by atoms with E-state index in [0.717, 1.165) is 12.8 Å². The number of amides is 1. The maximum absolute atomic E-state index is 12.3. The van der Waals surface area contributed by atoms with Gasteiger partial charge in [0.05, 0.1) is 0 Å². The van der Waals surface area contributed by atoms with Gasteiger partial charge in [0.15, 0.2) is 5.82 Å². The van der Waals surface area contributed by atoms with Crippen molar-refractivity contribution >= 4 is 5.91 Å². The lowest BCUT2D eigenvalue weighted by atomic mass is 9.97. The van der Waals surface area contributed by atoms with E-state index in [9.17, 15) is 18.0 Å². The van der Waals surface area contributed by atoms with Crippen LogP contribution in [-0.2, 0) is 9.53 Å². The quantitative estimate of drug-likeness (QED) is 0.818. The Balaban J connectivity index is 1.95. The van der Waals surface area contributed by atoms with Crippen molar-refractivity contribution in [3.63, 3.8) is 0 Å². The molecule has 1 aliphatic heterocycles. The first-order valence-electron chi connectivity index (χ1n) is 7.98. The number of halogens is 3. The lowest BCUT2D eigenvalue weighted by molar-refractivity contribution is -0.188. The molecule has 0 unspecified atom stereocenters. The molecule has 0 radical (unpaired) electrons. The number of carbonyl (C=O) groups is 1. The summed E-state index contributed by atoms with van der Waals surface area (Å²) in [5.41, 5.74) is 0. The van der Waals surface area contributed by atoms with Crippen molar-refractivity contribution in [2.24, 2.45) is 0 Å². The number of alkyl halides is 3. The largest absolute Gasteiger partial charge is 0.411 e. The number of rotatable bonds is 5. The van der Waals surface area contributed by atoms with Gasteiger partial charge in [-0.3, -0.25) is 4.79 Å². The predicted molar refractivity (Wildman–Crippen MR) is 78.4 cm³/mol. The standard InChI is InChI=1S/C15H22F3N3O3/c1-9(2)13-19-12(20-24-13)11-5-4-6-21(7-11)14(22)10(3)23-8-15(16,17)18/h9-11H,4-8H2,1-3H3/t10-,11-/m0/s1.